The van der Waals surface area contributed by atoms with Gasteiger partial charge in [0.2, 0.25) is 0 Å². The molecule has 1 aliphatic rings. The summed E-state index contributed by atoms with van der Waals surface area (Å²) in [6, 6.07) is 10.2. The number of fused-ring (bicyclic) bond motifs is 1. The standard InChI is InChI=1S/C23H24ClN5O3/c1-2-3-11-29-20-18(5-4-10-25-20)26-19(23(29)32)22(31)28-14-12-27(13-15-28)21(30)16-6-8-17(24)9-7-16/h4-10H,2-3,11-15H2,1H3. The van der Waals surface area contributed by atoms with Crippen molar-refractivity contribution in [3.05, 3.63) is 69.2 Å². The van der Waals surface area contributed by atoms with Gasteiger partial charge in [0.25, 0.3) is 17.4 Å². The number of rotatable bonds is 5. The summed E-state index contributed by atoms with van der Waals surface area (Å²) < 4.78 is 1.54. The van der Waals surface area contributed by atoms with Crippen molar-refractivity contribution >= 4 is 34.6 Å². The van der Waals surface area contributed by atoms with Crippen molar-refractivity contribution in [3.63, 3.8) is 0 Å². The van der Waals surface area contributed by atoms with Gasteiger partial charge in [-0.25, -0.2) is 9.97 Å². The Morgan fingerprint density at radius 3 is 2.31 bits per heavy atom. The molecule has 0 aliphatic carbocycles. The van der Waals surface area contributed by atoms with Crippen LogP contribution in [0.3, 0.4) is 0 Å². The molecule has 1 aliphatic heterocycles. The predicted molar refractivity (Wildman–Crippen MR) is 122 cm³/mol. The smallest absolute Gasteiger partial charge is 0.283 e. The lowest BCUT2D eigenvalue weighted by atomic mass is 10.2. The molecule has 0 N–H and O–H groups in total. The fraction of sp³-hybridized carbons (Fsp3) is 0.348. The minimum atomic E-state index is -0.422. The maximum absolute atomic E-state index is 13.2. The summed E-state index contributed by atoms with van der Waals surface area (Å²) in [5, 5.41) is 0.569. The number of aryl methyl sites for hydroxylation is 1. The maximum Gasteiger partial charge on any atom is 0.283 e. The molecule has 166 valence electrons. The van der Waals surface area contributed by atoms with E-state index in [0.717, 1.165) is 12.8 Å². The van der Waals surface area contributed by atoms with E-state index in [9.17, 15) is 14.4 Å². The normalized spacial score (nSPS) is 14.1. The first kappa shape index (κ1) is 22.0. The van der Waals surface area contributed by atoms with Crippen LogP contribution < -0.4 is 5.56 Å². The minimum absolute atomic E-state index is 0.0981. The Bertz CT molecular complexity index is 1200. The third-order valence-electron chi connectivity index (χ3n) is 5.58. The molecule has 1 fully saturated rings. The molecule has 0 atom stereocenters. The van der Waals surface area contributed by atoms with Crippen LogP contribution in [-0.2, 0) is 6.54 Å². The number of unbranched alkanes of at least 4 members (excludes halogenated alkanes) is 1. The van der Waals surface area contributed by atoms with Crippen molar-refractivity contribution in [2.75, 3.05) is 26.2 Å². The highest BCUT2D eigenvalue weighted by Crippen LogP contribution is 2.15. The van der Waals surface area contributed by atoms with Crippen molar-refractivity contribution in [1.29, 1.82) is 0 Å². The Morgan fingerprint density at radius 1 is 1.00 bits per heavy atom. The summed E-state index contributed by atoms with van der Waals surface area (Å²) in [5.41, 5.74) is 1.04. The summed E-state index contributed by atoms with van der Waals surface area (Å²) >= 11 is 5.90. The first-order valence-electron chi connectivity index (χ1n) is 10.7. The Balaban J connectivity index is 1.53. The van der Waals surface area contributed by atoms with Gasteiger partial charge in [-0.1, -0.05) is 24.9 Å². The van der Waals surface area contributed by atoms with E-state index >= 15 is 0 Å². The Labute approximate surface area is 190 Å². The van der Waals surface area contributed by atoms with Crippen LogP contribution in [-0.4, -0.2) is 62.3 Å². The van der Waals surface area contributed by atoms with Crippen LogP contribution in [0.15, 0.2) is 47.4 Å². The third kappa shape index (κ3) is 4.36. The number of carbonyl (C=O) groups is 2. The topological polar surface area (TPSA) is 88.4 Å². The van der Waals surface area contributed by atoms with E-state index in [1.54, 1.807) is 57.0 Å². The van der Waals surface area contributed by atoms with Crippen molar-refractivity contribution in [2.24, 2.45) is 0 Å². The average molecular weight is 454 g/mol. The molecule has 1 aromatic carbocycles. The summed E-state index contributed by atoms with van der Waals surface area (Å²) in [7, 11) is 0. The molecule has 2 aromatic heterocycles. The van der Waals surface area contributed by atoms with Crippen LogP contribution in [0.4, 0.5) is 0 Å². The van der Waals surface area contributed by atoms with Gasteiger partial charge in [0.1, 0.15) is 5.52 Å². The van der Waals surface area contributed by atoms with Gasteiger partial charge in [-0.05, 0) is 42.8 Å². The fourth-order valence-electron chi connectivity index (χ4n) is 3.78. The lowest BCUT2D eigenvalue weighted by molar-refractivity contribution is 0.0531. The summed E-state index contributed by atoms with van der Waals surface area (Å²) in [6.45, 7) is 3.95. The number of hydrogen-bond donors (Lipinski definition) is 0. The number of nitrogens with zero attached hydrogens (tertiary/aromatic N) is 5. The predicted octanol–water partition coefficient (Wildman–Crippen LogP) is 2.84. The van der Waals surface area contributed by atoms with Crippen LogP contribution in [0.5, 0.6) is 0 Å². The fourth-order valence-corrected chi connectivity index (χ4v) is 3.90. The number of halogens is 1. The van der Waals surface area contributed by atoms with E-state index in [0.29, 0.717) is 54.5 Å². The summed E-state index contributed by atoms with van der Waals surface area (Å²) in [4.78, 5) is 50.9. The van der Waals surface area contributed by atoms with Gasteiger partial charge in [-0.3, -0.25) is 19.0 Å². The van der Waals surface area contributed by atoms with Gasteiger partial charge >= 0.3 is 0 Å². The summed E-state index contributed by atoms with van der Waals surface area (Å²) in [5.74, 6) is -0.518. The molecule has 4 rings (SSSR count). The number of amides is 2. The highest BCUT2D eigenvalue weighted by Gasteiger charge is 2.28. The zero-order chi connectivity index (χ0) is 22.7. The van der Waals surface area contributed by atoms with E-state index in [1.807, 2.05) is 6.92 Å². The highest BCUT2D eigenvalue weighted by molar-refractivity contribution is 6.30. The van der Waals surface area contributed by atoms with Gasteiger partial charge in [-0.2, -0.15) is 0 Å². The zero-order valence-corrected chi connectivity index (χ0v) is 18.6. The molecule has 2 amide bonds. The Hall–Kier alpha value is -3.26. The van der Waals surface area contributed by atoms with Crippen LogP contribution in [0.1, 0.15) is 40.6 Å². The average Bonchev–Trinajstić information content (AvgIpc) is 2.83. The van der Waals surface area contributed by atoms with E-state index in [1.165, 1.54) is 0 Å². The number of carbonyl (C=O) groups excluding carboxylic acids is 2. The maximum atomic E-state index is 13.2. The van der Waals surface area contributed by atoms with Gasteiger partial charge < -0.3 is 9.80 Å². The van der Waals surface area contributed by atoms with Crippen molar-refractivity contribution < 1.29 is 9.59 Å². The number of hydrogen-bond acceptors (Lipinski definition) is 5. The molecule has 9 heteroatoms. The molecule has 0 spiro atoms. The molecule has 0 radical (unpaired) electrons. The van der Waals surface area contributed by atoms with Crippen LogP contribution >= 0.6 is 11.6 Å². The van der Waals surface area contributed by atoms with Gasteiger partial charge in [0.05, 0.1) is 0 Å². The van der Waals surface area contributed by atoms with Gasteiger partial charge in [0, 0.05) is 49.5 Å². The minimum Gasteiger partial charge on any atom is -0.335 e. The lowest BCUT2D eigenvalue weighted by Crippen LogP contribution is -2.51. The second kappa shape index (κ2) is 9.48. The molecule has 1 saturated heterocycles. The Morgan fingerprint density at radius 2 is 1.66 bits per heavy atom. The first-order chi connectivity index (χ1) is 15.5. The second-order valence-corrected chi connectivity index (χ2v) is 8.14. The molecule has 8 nitrogen and oxygen atoms in total. The molecule has 32 heavy (non-hydrogen) atoms. The molecular formula is C23H24ClN5O3. The highest BCUT2D eigenvalue weighted by atomic mass is 35.5. The molecule has 3 heterocycles. The second-order valence-electron chi connectivity index (χ2n) is 7.71. The van der Waals surface area contributed by atoms with Crippen molar-refractivity contribution in [1.82, 2.24) is 24.3 Å². The zero-order valence-electron chi connectivity index (χ0n) is 17.8. The number of pyridine rings is 1. The SMILES string of the molecule is CCCCn1c(=O)c(C(=O)N2CCN(C(=O)c3ccc(Cl)cc3)CC2)nc2cccnc21. The van der Waals surface area contributed by atoms with E-state index in [2.05, 4.69) is 9.97 Å². The molecule has 0 unspecified atom stereocenters. The Kier molecular flexibility index (Phi) is 6.50. The lowest BCUT2D eigenvalue weighted by Gasteiger charge is -2.34. The van der Waals surface area contributed by atoms with Crippen molar-refractivity contribution in [3.8, 4) is 0 Å². The molecular weight excluding hydrogens is 430 g/mol. The van der Waals surface area contributed by atoms with Gasteiger partial charge in [0.15, 0.2) is 11.3 Å². The number of aromatic nitrogens is 3. The van der Waals surface area contributed by atoms with E-state index in [4.69, 9.17) is 11.6 Å². The van der Waals surface area contributed by atoms with E-state index in [-0.39, 0.29) is 11.6 Å². The largest absolute Gasteiger partial charge is 0.335 e. The van der Waals surface area contributed by atoms with E-state index < -0.39 is 11.5 Å². The third-order valence-corrected chi connectivity index (χ3v) is 5.84. The molecule has 0 bridgehead atoms. The van der Waals surface area contributed by atoms with Crippen molar-refractivity contribution in [2.45, 2.75) is 26.3 Å². The van der Waals surface area contributed by atoms with Gasteiger partial charge in [-0.15, -0.1) is 0 Å². The van der Waals surface area contributed by atoms with Crippen LogP contribution in [0.25, 0.3) is 11.2 Å². The number of benzene rings is 1. The number of piperazine rings is 1. The van der Waals surface area contributed by atoms with Crippen LogP contribution in [0.2, 0.25) is 5.02 Å². The summed E-state index contributed by atoms with van der Waals surface area (Å²) in [6.07, 6.45) is 3.33. The quantitative estimate of drug-likeness (QED) is 0.592. The monoisotopic (exact) mass is 453 g/mol. The molecule has 3 aromatic rings. The molecule has 0 saturated carbocycles. The van der Waals surface area contributed by atoms with Crippen LogP contribution in [0, 0.1) is 0 Å². The first-order valence-corrected chi connectivity index (χ1v) is 11.1.